The van der Waals surface area contributed by atoms with Crippen LogP contribution in [0.5, 0.6) is 5.75 Å². The van der Waals surface area contributed by atoms with Gasteiger partial charge in [-0.3, -0.25) is 14.5 Å². The fraction of sp³-hybridized carbons (Fsp3) is 0.200. The fourth-order valence-electron chi connectivity index (χ4n) is 3.97. The van der Waals surface area contributed by atoms with Crippen LogP contribution in [0.3, 0.4) is 0 Å². The minimum absolute atomic E-state index is 0.0456. The van der Waals surface area contributed by atoms with Crippen molar-refractivity contribution in [2.24, 2.45) is 0 Å². The van der Waals surface area contributed by atoms with Crippen LogP contribution in [-0.4, -0.2) is 42.0 Å². The Kier molecular flexibility index (Phi) is 6.40. The molecule has 1 unspecified atom stereocenters. The topological polar surface area (TPSA) is 106 Å². The number of benzene rings is 2. The Bertz CT molecular complexity index is 1400. The minimum atomic E-state index is -1.18. The molecule has 8 nitrogen and oxygen atoms in total. The van der Waals surface area contributed by atoms with Crippen LogP contribution in [0, 0.1) is 19.7 Å². The number of esters is 1. The second-order valence-corrected chi connectivity index (χ2v) is 8.79. The first-order valence-electron chi connectivity index (χ1n) is 10.4. The van der Waals surface area contributed by atoms with Crippen LogP contribution < -0.4 is 9.64 Å². The van der Waals surface area contributed by atoms with Gasteiger partial charge < -0.3 is 14.6 Å². The van der Waals surface area contributed by atoms with E-state index in [0.29, 0.717) is 17.0 Å². The molecule has 0 aliphatic carbocycles. The molecule has 1 aromatic heterocycles. The van der Waals surface area contributed by atoms with Gasteiger partial charge in [0.05, 0.1) is 31.5 Å². The number of hydrogen-bond donors (Lipinski definition) is 1. The average molecular weight is 497 g/mol. The highest BCUT2D eigenvalue weighted by atomic mass is 32.1. The van der Waals surface area contributed by atoms with Crippen LogP contribution in [0.25, 0.3) is 5.76 Å². The summed E-state index contributed by atoms with van der Waals surface area (Å²) in [5.74, 6) is -2.99. The fourth-order valence-corrected chi connectivity index (χ4v) is 4.98. The number of carbonyl (C=O) groups excluding carboxylic acids is 3. The van der Waals surface area contributed by atoms with E-state index < -0.39 is 35.3 Å². The van der Waals surface area contributed by atoms with Crippen molar-refractivity contribution in [2.75, 3.05) is 19.1 Å². The van der Waals surface area contributed by atoms with E-state index in [0.717, 1.165) is 16.2 Å². The number of methoxy groups -OCH3 is 2. The Morgan fingerprint density at radius 1 is 1.14 bits per heavy atom. The molecule has 1 atom stereocenters. The van der Waals surface area contributed by atoms with Crippen molar-refractivity contribution in [1.29, 1.82) is 0 Å². The molecule has 1 saturated heterocycles. The maximum atomic E-state index is 14.2. The summed E-state index contributed by atoms with van der Waals surface area (Å²) in [6, 6.07) is 9.01. The smallest absolute Gasteiger partial charge is 0.350 e. The van der Waals surface area contributed by atoms with Crippen LogP contribution in [0.15, 0.2) is 48.0 Å². The van der Waals surface area contributed by atoms with Crippen molar-refractivity contribution in [3.8, 4) is 5.75 Å². The number of nitrogens with zero attached hydrogens (tertiary/aromatic N) is 2. The van der Waals surface area contributed by atoms with E-state index in [2.05, 4.69) is 4.98 Å². The summed E-state index contributed by atoms with van der Waals surface area (Å²) in [7, 11) is 2.73. The van der Waals surface area contributed by atoms with E-state index in [-0.39, 0.29) is 26.7 Å². The van der Waals surface area contributed by atoms with Gasteiger partial charge in [0.2, 0.25) is 0 Å². The van der Waals surface area contributed by atoms with Crippen molar-refractivity contribution in [3.05, 3.63) is 81.1 Å². The summed E-state index contributed by atoms with van der Waals surface area (Å²) < 4.78 is 24.2. The van der Waals surface area contributed by atoms with E-state index in [1.165, 1.54) is 32.4 Å². The number of aryl methyl sites for hydroxylation is 2. The van der Waals surface area contributed by atoms with Crippen molar-refractivity contribution in [2.45, 2.75) is 19.9 Å². The van der Waals surface area contributed by atoms with Gasteiger partial charge in [0, 0.05) is 5.56 Å². The first-order valence-corrected chi connectivity index (χ1v) is 11.3. The number of aliphatic hydroxyl groups is 1. The molecule has 35 heavy (non-hydrogen) atoms. The molecule has 2 heterocycles. The van der Waals surface area contributed by atoms with Gasteiger partial charge in [-0.1, -0.05) is 23.5 Å². The molecule has 2 aromatic carbocycles. The summed E-state index contributed by atoms with van der Waals surface area (Å²) in [4.78, 5) is 44.1. The molecule has 1 aliphatic rings. The molecule has 1 amide bonds. The predicted octanol–water partition coefficient (Wildman–Crippen LogP) is 4.32. The van der Waals surface area contributed by atoms with Gasteiger partial charge >= 0.3 is 11.9 Å². The molecule has 4 rings (SSSR count). The van der Waals surface area contributed by atoms with E-state index >= 15 is 0 Å². The van der Waals surface area contributed by atoms with Gasteiger partial charge in [0.15, 0.2) is 5.13 Å². The number of thiazole rings is 1. The number of halogens is 1. The van der Waals surface area contributed by atoms with Gasteiger partial charge in [-0.05, 0) is 55.3 Å². The van der Waals surface area contributed by atoms with E-state index in [1.54, 1.807) is 38.1 Å². The molecule has 3 aromatic rings. The highest BCUT2D eigenvalue weighted by Crippen LogP contribution is 2.44. The van der Waals surface area contributed by atoms with Crippen molar-refractivity contribution < 1.29 is 33.4 Å². The lowest BCUT2D eigenvalue weighted by molar-refractivity contribution is -0.132. The van der Waals surface area contributed by atoms with Gasteiger partial charge in [-0.25, -0.2) is 14.2 Å². The van der Waals surface area contributed by atoms with E-state index in [9.17, 15) is 23.9 Å². The third kappa shape index (κ3) is 4.17. The standard InChI is InChI=1S/C25H21FN2O6S/c1-12-10-15(8-9-17(12)33-3)20(29)18-19(14-6-5-7-16(26)11-14)28(23(31)21(18)30)25-27-13(2)22(35-25)24(32)34-4/h5-11,19,29H,1-4H3/b20-18+. The monoisotopic (exact) mass is 496 g/mol. The number of ketones is 1. The maximum absolute atomic E-state index is 14.2. The number of aromatic nitrogens is 1. The van der Waals surface area contributed by atoms with Gasteiger partial charge in [0.25, 0.3) is 5.78 Å². The predicted molar refractivity (Wildman–Crippen MR) is 127 cm³/mol. The number of hydrogen-bond acceptors (Lipinski definition) is 8. The Hall–Kier alpha value is -4.05. The Labute approximate surface area is 204 Å². The van der Waals surface area contributed by atoms with Crippen LogP contribution >= 0.6 is 11.3 Å². The maximum Gasteiger partial charge on any atom is 0.350 e. The Balaban J connectivity index is 1.94. The normalized spacial score (nSPS) is 17.1. The molecule has 10 heteroatoms. The average Bonchev–Trinajstić information content (AvgIpc) is 3.34. The van der Waals surface area contributed by atoms with Crippen molar-refractivity contribution >= 4 is 39.9 Å². The lowest BCUT2D eigenvalue weighted by Gasteiger charge is -2.23. The van der Waals surface area contributed by atoms with E-state index in [4.69, 9.17) is 9.47 Å². The van der Waals surface area contributed by atoms with Crippen LogP contribution in [0.2, 0.25) is 0 Å². The summed E-state index contributed by atoms with van der Waals surface area (Å²) in [6.07, 6.45) is 0. The molecule has 1 aliphatic heterocycles. The zero-order valence-corrected chi connectivity index (χ0v) is 20.1. The quantitative estimate of drug-likeness (QED) is 0.243. The summed E-state index contributed by atoms with van der Waals surface area (Å²) in [5, 5.41) is 11.2. The lowest BCUT2D eigenvalue weighted by atomic mass is 9.95. The third-order valence-corrected chi connectivity index (χ3v) is 6.78. The van der Waals surface area contributed by atoms with Crippen LogP contribution in [0.1, 0.15) is 38.1 Å². The summed E-state index contributed by atoms with van der Waals surface area (Å²) >= 11 is 0.868. The molecular weight excluding hydrogens is 475 g/mol. The first kappa shape index (κ1) is 24.1. The number of rotatable bonds is 5. The van der Waals surface area contributed by atoms with Gasteiger partial charge in [0.1, 0.15) is 22.2 Å². The minimum Gasteiger partial charge on any atom is -0.507 e. The Morgan fingerprint density at radius 3 is 2.51 bits per heavy atom. The zero-order chi connectivity index (χ0) is 25.4. The second kappa shape index (κ2) is 9.30. The number of aliphatic hydroxyl groups excluding tert-OH is 1. The Morgan fingerprint density at radius 2 is 1.89 bits per heavy atom. The molecule has 0 spiro atoms. The van der Waals surface area contributed by atoms with Gasteiger partial charge in [-0.2, -0.15) is 0 Å². The highest BCUT2D eigenvalue weighted by Gasteiger charge is 2.48. The van der Waals surface area contributed by atoms with E-state index in [1.807, 2.05) is 0 Å². The molecule has 180 valence electrons. The summed E-state index contributed by atoms with van der Waals surface area (Å²) in [5.41, 5.74) is 1.32. The number of carbonyl (C=O) groups is 3. The lowest BCUT2D eigenvalue weighted by Crippen LogP contribution is -2.29. The molecule has 1 fully saturated rings. The number of amides is 1. The number of Topliss-reactive ketones (excluding diaryl/α,β-unsaturated/α-hetero) is 1. The van der Waals surface area contributed by atoms with Crippen molar-refractivity contribution in [1.82, 2.24) is 4.98 Å². The number of anilines is 1. The van der Waals surface area contributed by atoms with Crippen LogP contribution in [-0.2, 0) is 14.3 Å². The molecule has 0 bridgehead atoms. The third-order valence-electron chi connectivity index (χ3n) is 5.64. The second-order valence-electron chi connectivity index (χ2n) is 7.81. The van der Waals surface area contributed by atoms with Crippen LogP contribution in [0.4, 0.5) is 9.52 Å². The molecular formula is C25H21FN2O6S. The largest absolute Gasteiger partial charge is 0.507 e. The highest BCUT2D eigenvalue weighted by molar-refractivity contribution is 7.17. The van der Waals surface area contributed by atoms with Gasteiger partial charge in [-0.15, -0.1) is 0 Å². The SMILES string of the molecule is COC(=O)c1sc(N2C(=O)C(=O)/C(=C(/O)c3ccc(OC)c(C)c3)C2c2cccc(F)c2)nc1C. The molecule has 0 radical (unpaired) electrons. The van der Waals surface area contributed by atoms with Crippen molar-refractivity contribution in [3.63, 3.8) is 0 Å². The molecule has 1 N–H and O–H groups in total. The number of ether oxygens (including phenoxy) is 2. The summed E-state index contributed by atoms with van der Waals surface area (Å²) in [6.45, 7) is 3.34. The first-order chi connectivity index (χ1) is 16.7. The molecule has 0 saturated carbocycles. The zero-order valence-electron chi connectivity index (χ0n) is 19.3.